The number of ether oxygens (including phenoxy) is 1. The van der Waals surface area contributed by atoms with Crippen LogP contribution in [0.25, 0.3) is 0 Å². The van der Waals surface area contributed by atoms with Gasteiger partial charge in [0.15, 0.2) is 0 Å². The number of benzene rings is 2. The van der Waals surface area contributed by atoms with Gasteiger partial charge in [-0.3, -0.25) is 9.69 Å². The van der Waals surface area contributed by atoms with Gasteiger partial charge in [-0.05, 0) is 36.4 Å². The monoisotopic (exact) mass is 525 g/mol. The fourth-order valence-corrected chi connectivity index (χ4v) is 5.31. The average molecular weight is 526 g/mol. The van der Waals surface area contributed by atoms with Gasteiger partial charge in [-0.2, -0.15) is 17.5 Å². The minimum atomic E-state index is -4.57. The summed E-state index contributed by atoms with van der Waals surface area (Å²) in [5, 5.41) is 2.61. The van der Waals surface area contributed by atoms with E-state index in [1.54, 1.807) is 4.90 Å². The predicted octanol–water partition coefficient (Wildman–Crippen LogP) is 3.97. The normalized spacial score (nSPS) is 15.9. The summed E-state index contributed by atoms with van der Waals surface area (Å²) >= 11 is 11.9. The van der Waals surface area contributed by atoms with Crippen molar-refractivity contribution in [1.29, 1.82) is 0 Å². The molecule has 1 aliphatic heterocycles. The minimum Gasteiger partial charge on any atom is -0.495 e. The van der Waals surface area contributed by atoms with Gasteiger partial charge in [-0.25, -0.2) is 8.42 Å². The van der Waals surface area contributed by atoms with Gasteiger partial charge in [0.25, 0.3) is 0 Å². The number of hydrogen-bond acceptors (Lipinski definition) is 5. The van der Waals surface area contributed by atoms with Crippen molar-refractivity contribution in [1.82, 2.24) is 9.21 Å². The van der Waals surface area contributed by atoms with E-state index >= 15 is 0 Å². The second-order valence-electron chi connectivity index (χ2n) is 7.22. The van der Waals surface area contributed by atoms with Crippen molar-refractivity contribution in [2.24, 2.45) is 0 Å². The molecule has 1 amide bonds. The molecule has 1 saturated heterocycles. The van der Waals surface area contributed by atoms with Gasteiger partial charge in [0, 0.05) is 31.2 Å². The van der Waals surface area contributed by atoms with Crippen molar-refractivity contribution in [3.63, 3.8) is 0 Å². The van der Waals surface area contributed by atoms with E-state index in [-0.39, 0.29) is 59.1 Å². The molecule has 2 aromatic carbocycles. The summed E-state index contributed by atoms with van der Waals surface area (Å²) in [6.07, 6.45) is -4.57. The maximum Gasteiger partial charge on any atom is 0.416 e. The van der Waals surface area contributed by atoms with Gasteiger partial charge in [0.05, 0.1) is 29.9 Å². The number of rotatable bonds is 6. The van der Waals surface area contributed by atoms with E-state index in [1.165, 1.54) is 29.6 Å². The van der Waals surface area contributed by atoms with Gasteiger partial charge in [-0.15, -0.1) is 0 Å². The number of hydrogen-bond donors (Lipinski definition) is 1. The fraction of sp³-hybridized carbons (Fsp3) is 0.350. The number of carbonyl (C=O) groups excluding carboxylic acids is 1. The summed E-state index contributed by atoms with van der Waals surface area (Å²) in [5.74, 6) is -0.400. The zero-order valence-electron chi connectivity index (χ0n) is 17.3. The van der Waals surface area contributed by atoms with Crippen LogP contribution in [0.1, 0.15) is 5.56 Å². The molecule has 1 fully saturated rings. The van der Waals surface area contributed by atoms with Crippen molar-refractivity contribution in [2.75, 3.05) is 45.2 Å². The summed E-state index contributed by atoms with van der Waals surface area (Å²) in [6.45, 7) is 0.559. The second kappa shape index (κ2) is 10.1. The zero-order valence-corrected chi connectivity index (χ0v) is 19.7. The Morgan fingerprint density at radius 2 is 1.76 bits per heavy atom. The lowest BCUT2D eigenvalue weighted by atomic mass is 10.2. The number of halogens is 5. The number of sulfonamides is 1. The lowest BCUT2D eigenvalue weighted by Crippen LogP contribution is -2.50. The number of piperazine rings is 1. The Bertz CT molecular complexity index is 1140. The third-order valence-electron chi connectivity index (χ3n) is 5.01. The number of alkyl halides is 3. The smallest absolute Gasteiger partial charge is 0.416 e. The van der Waals surface area contributed by atoms with Crippen LogP contribution in [-0.4, -0.2) is 63.4 Å². The summed E-state index contributed by atoms with van der Waals surface area (Å²) in [5.41, 5.74) is -1.08. The van der Waals surface area contributed by atoms with Gasteiger partial charge < -0.3 is 10.1 Å². The quantitative estimate of drug-likeness (QED) is 0.617. The third-order valence-corrected chi connectivity index (χ3v) is 7.49. The molecular formula is C20H20Cl2F3N3O4S. The molecule has 3 rings (SSSR count). The molecule has 180 valence electrons. The number of methoxy groups -OCH3 is 1. The van der Waals surface area contributed by atoms with Crippen LogP contribution in [-0.2, 0) is 21.0 Å². The SMILES string of the molecule is COc1ccc(Cl)cc1S(=O)(=O)N1CCN(CC(=O)Nc2cc(C(F)(F)F)ccc2Cl)CC1. The van der Waals surface area contributed by atoms with Crippen LogP contribution in [0.15, 0.2) is 41.3 Å². The summed E-state index contributed by atoms with van der Waals surface area (Å²) < 4.78 is 71.2. The highest BCUT2D eigenvalue weighted by atomic mass is 35.5. The summed E-state index contributed by atoms with van der Waals surface area (Å²) in [7, 11) is -2.52. The molecule has 0 bridgehead atoms. The largest absolute Gasteiger partial charge is 0.495 e. The molecule has 1 aliphatic rings. The van der Waals surface area contributed by atoms with E-state index in [1.807, 2.05) is 0 Å². The van der Waals surface area contributed by atoms with Gasteiger partial charge in [0.1, 0.15) is 10.6 Å². The Labute approximate surface area is 199 Å². The van der Waals surface area contributed by atoms with E-state index in [9.17, 15) is 26.4 Å². The highest BCUT2D eigenvalue weighted by Crippen LogP contribution is 2.34. The molecule has 33 heavy (non-hydrogen) atoms. The van der Waals surface area contributed by atoms with Crippen molar-refractivity contribution < 1.29 is 31.1 Å². The van der Waals surface area contributed by atoms with E-state index < -0.39 is 27.7 Å². The Morgan fingerprint density at radius 3 is 2.36 bits per heavy atom. The predicted molar refractivity (Wildman–Crippen MR) is 118 cm³/mol. The van der Waals surface area contributed by atoms with Crippen LogP contribution < -0.4 is 10.1 Å². The first kappa shape index (κ1) is 25.6. The zero-order chi connectivity index (χ0) is 24.4. The maximum absolute atomic E-state index is 13.0. The fourth-order valence-electron chi connectivity index (χ4n) is 3.31. The molecule has 2 aromatic rings. The van der Waals surface area contributed by atoms with Crippen molar-refractivity contribution in [2.45, 2.75) is 11.1 Å². The third kappa shape index (κ3) is 6.10. The first-order valence-corrected chi connectivity index (χ1v) is 11.8. The Balaban J connectivity index is 1.62. The van der Waals surface area contributed by atoms with Crippen LogP contribution in [0.3, 0.4) is 0 Å². The van der Waals surface area contributed by atoms with E-state index in [0.29, 0.717) is 0 Å². The van der Waals surface area contributed by atoms with Gasteiger partial charge in [-0.1, -0.05) is 23.2 Å². The molecule has 0 unspecified atom stereocenters. The van der Waals surface area contributed by atoms with Crippen LogP contribution in [0, 0.1) is 0 Å². The molecule has 0 radical (unpaired) electrons. The number of anilines is 1. The molecular weight excluding hydrogens is 506 g/mol. The molecule has 1 N–H and O–H groups in total. The second-order valence-corrected chi connectivity index (χ2v) is 9.97. The lowest BCUT2D eigenvalue weighted by Gasteiger charge is -2.33. The molecule has 7 nitrogen and oxygen atoms in total. The van der Waals surface area contributed by atoms with Crippen molar-refractivity contribution in [3.05, 3.63) is 52.0 Å². The van der Waals surface area contributed by atoms with Gasteiger partial charge >= 0.3 is 6.18 Å². The summed E-state index contributed by atoms with van der Waals surface area (Å²) in [6, 6.07) is 6.96. The van der Waals surface area contributed by atoms with Crippen LogP contribution in [0.5, 0.6) is 5.75 Å². The Hall–Kier alpha value is -2.05. The standard InChI is InChI=1S/C20H20Cl2F3N3O4S/c1-32-17-5-3-14(21)11-18(17)33(30,31)28-8-6-27(7-9-28)12-19(29)26-16-10-13(20(23,24)25)2-4-15(16)22/h2-5,10-11H,6-9,12H2,1H3,(H,26,29). The minimum absolute atomic E-state index is 0.0252. The molecule has 0 atom stereocenters. The van der Waals surface area contributed by atoms with E-state index in [0.717, 1.165) is 18.2 Å². The van der Waals surface area contributed by atoms with Crippen molar-refractivity contribution in [3.8, 4) is 5.75 Å². The highest BCUT2D eigenvalue weighted by molar-refractivity contribution is 7.89. The summed E-state index contributed by atoms with van der Waals surface area (Å²) in [4.78, 5) is 14.0. The van der Waals surface area contributed by atoms with Gasteiger partial charge in [0.2, 0.25) is 15.9 Å². The highest BCUT2D eigenvalue weighted by Gasteiger charge is 2.33. The molecule has 0 aliphatic carbocycles. The van der Waals surface area contributed by atoms with Crippen LogP contribution >= 0.6 is 23.2 Å². The molecule has 13 heteroatoms. The Kier molecular flexibility index (Phi) is 7.80. The van der Waals surface area contributed by atoms with Crippen molar-refractivity contribution >= 4 is 44.8 Å². The number of nitrogens with zero attached hydrogens (tertiary/aromatic N) is 2. The molecule has 0 saturated carbocycles. The van der Waals surface area contributed by atoms with E-state index in [2.05, 4.69) is 5.32 Å². The number of nitrogens with one attached hydrogen (secondary N) is 1. The molecule has 1 heterocycles. The molecule has 0 aromatic heterocycles. The topological polar surface area (TPSA) is 79.0 Å². The Morgan fingerprint density at radius 1 is 1.09 bits per heavy atom. The first-order valence-electron chi connectivity index (χ1n) is 9.64. The maximum atomic E-state index is 13.0. The first-order chi connectivity index (χ1) is 15.4. The lowest BCUT2D eigenvalue weighted by molar-refractivity contribution is -0.137. The average Bonchev–Trinajstić information content (AvgIpc) is 2.75. The van der Waals surface area contributed by atoms with Crippen LogP contribution in [0.4, 0.5) is 18.9 Å². The molecule has 0 spiro atoms. The van der Waals surface area contributed by atoms with E-state index in [4.69, 9.17) is 27.9 Å². The van der Waals surface area contributed by atoms with Crippen LogP contribution in [0.2, 0.25) is 10.0 Å². The number of carbonyl (C=O) groups is 1. The number of amides is 1.